The number of hydrogen-bond donors (Lipinski definition) is 2. The second-order valence-electron chi connectivity index (χ2n) is 3.66. The van der Waals surface area contributed by atoms with Crippen molar-refractivity contribution in [2.45, 2.75) is 58.3 Å². The third kappa shape index (κ3) is 6.22. The maximum absolute atomic E-state index is 11.9. The van der Waals surface area contributed by atoms with Crippen molar-refractivity contribution in [3.63, 3.8) is 0 Å². The van der Waals surface area contributed by atoms with Crippen LogP contribution in [0.4, 0.5) is 0 Å². The smallest absolute Gasteiger partial charge is 0.323 e. The highest BCUT2D eigenvalue weighted by Gasteiger charge is 2.32. The zero-order chi connectivity index (χ0) is 11.9. The Labute approximate surface area is 106 Å². The first-order valence-electron chi connectivity index (χ1n) is 5.34. The van der Waals surface area contributed by atoms with Crippen LogP contribution < -0.4 is 3.53 Å². The van der Waals surface area contributed by atoms with Crippen molar-refractivity contribution >= 4 is 30.5 Å². The van der Waals surface area contributed by atoms with Crippen molar-refractivity contribution in [2.24, 2.45) is 0 Å². The molecular weight excluding hydrogens is 328 g/mol. The van der Waals surface area contributed by atoms with E-state index < -0.39 is 13.4 Å². The Morgan fingerprint density at radius 3 is 2.53 bits per heavy atom. The summed E-state index contributed by atoms with van der Waals surface area (Å²) >= 11 is 1.91. The van der Waals surface area contributed by atoms with Crippen LogP contribution in [-0.4, -0.2) is 16.8 Å². The van der Waals surface area contributed by atoms with Crippen molar-refractivity contribution in [1.29, 1.82) is 0 Å². The van der Waals surface area contributed by atoms with Crippen LogP contribution in [-0.2, 0) is 9.09 Å². The molecule has 0 spiro atoms. The average Bonchev–Trinajstić information content (AvgIpc) is 2.17. The van der Waals surface area contributed by atoms with E-state index in [9.17, 15) is 9.46 Å². The lowest BCUT2D eigenvalue weighted by Gasteiger charge is -2.23. The second kappa shape index (κ2) is 8.01. The van der Waals surface area contributed by atoms with Crippen LogP contribution in [0.15, 0.2) is 0 Å². The minimum absolute atomic E-state index is 0.172. The van der Waals surface area contributed by atoms with Gasteiger partial charge in [-0.15, -0.1) is 0 Å². The maximum Gasteiger partial charge on any atom is 0.345 e. The van der Waals surface area contributed by atoms with E-state index in [0.717, 1.165) is 19.3 Å². The first-order chi connectivity index (χ1) is 6.97. The van der Waals surface area contributed by atoms with Gasteiger partial charge in [0.15, 0.2) is 0 Å². The molecule has 92 valence electrons. The van der Waals surface area contributed by atoms with Gasteiger partial charge in [0.25, 0.3) is 0 Å². The Balaban J connectivity index is 4.30. The molecule has 0 aromatic rings. The van der Waals surface area contributed by atoms with Crippen molar-refractivity contribution in [3.05, 3.63) is 0 Å². The van der Waals surface area contributed by atoms with Crippen molar-refractivity contribution < 1.29 is 14.0 Å². The normalized spacial score (nSPS) is 19.5. The zero-order valence-electron chi connectivity index (χ0n) is 9.57. The fraction of sp³-hybridized carbons (Fsp3) is 1.00. The monoisotopic (exact) mass is 349 g/mol. The minimum Gasteiger partial charge on any atom is -0.323 e. The Bertz CT molecular complexity index is 216. The van der Waals surface area contributed by atoms with Crippen LogP contribution in [0.2, 0.25) is 0 Å². The summed E-state index contributed by atoms with van der Waals surface area (Å²) in [5.41, 5.74) is 0. The fourth-order valence-electron chi connectivity index (χ4n) is 1.08. The third-order valence-electron chi connectivity index (χ3n) is 2.26. The van der Waals surface area contributed by atoms with Gasteiger partial charge in [-0.3, -0.25) is 4.57 Å². The summed E-state index contributed by atoms with van der Waals surface area (Å²) in [6, 6.07) is 0. The van der Waals surface area contributed by atoms with E-state index in [-0.39, 0.29) is 6.10 Å². The molecule has 0 heterocycles. The summed E-state index contributed by atoms with van der Waals surface area (Å²) in [6.45, 7) is 5.80. The molecule has 0 saturated heterocycles. The van der Waals surface area contributed by atoms with Gasteiger partial charge in [0.05, 0.1) is 6.10 Å². The Morgan fingerprint density at radius 1 is 1.53 bits per heavy atom. The van der Waals surface area contributed by atoms with Gasteiger partial charge in [0, 0.05) is 22.9 Å². The van der Waals surface area contributed by atoms with Crippen molar-refractivity contribution in [2.75, 3.05) is 0 Å². The van der Waals surface area contributed by atoms with Crippen LogP contribution in [0.1, 0.15) is 46.5 Å². The van der Waals surface area contributed by atoms with Gasteiger partial charge < -0.3 is 9.42 Å². The molecule has 0 aliphatic heterocycles. The van der Waals surface area contributed by atoms with Crippen molar-refractivity contribution in [3.8, 4) is 0 Å². The van der Waals surface area contributed by atoms with Gasteiger partial charge in [-0.2, -0.15) is 0 Å². The zero-order valence-corrected chi connectivity index (χ0v) is 12.6. The van der Waals surface area contributed by atoms with Crippen LogP contribution >= 0.6 is 30.5 Å². The summed E-state index contributed by atoms with van der Waals surface area (Å²) < 4.78 is 19.9. The minimum atomic E-state index is -3.52. The molecule has 3 atom stereocenters. The van der Waals surface area contributed by atoms with Gasteiger partial charge in [-0.1, -0.05) is 26.7 Å². The lowest BCUT2D eigenvalue weighted by molar-refractivity contribution is 0.178. The van der Waals surface area contributed by atoms with E-state index in [1.54, 1.807) is 0 Å². The largest absolute Gasteiger partial charge is 0.345 e. The van der Waals surface area contributed by atoms with Crippen LogP contribution in [0.5, 0.6) is 0 Å². The molecule has 0 bridgehead atoms. The van der Waals surface area contributed by atoms with Gasteiger partial charge in [-0.05, 0) is 19.8 Å². The van der Waals surface area contributed by atoms with E-state index in [1.165, 1.54) is 0 Å². The summed E-state index contributed by atoms with van der Waals surface area (Å²) in [6.07, 6.45) is 3.18. The van der Waals surface area contributed by atoms with Gasteiger partial charge in [0.2, 0.25) is 0 Å². The van der Waals surface area contributed by atoms with E-state index >= 15 is 0 Å². The van der Waals surface area contributed by atoms with Crippen LogP contribution in [0, 0.1) is 0 Å². The standard InChI is InChI=1S/C9H21INO3P/c1-4-6-7-9(11-10)15(12,13)14-8(3)5-2/h8-9,11H,4-7H2,1-3H3,(H,12,13). The molecule has 0 aliphatic carbocycles. The topological polar surface area (TPSA) is 58.6 Å². The fourth-order valence-corrected chi connectivity index (χ4v) is 3.89. The number of hydrogen-bond acceptors (Lipinski definition) is 3. The molecule has 15 heavy (non-hydrogen) atoms. The molecule has 6 heteroatoms. The van der Waals surface area contributed by atoms with Crippen LogP contribution in [0.25, 0.3) is 0 Å². The highest BCUT2D eigenvalue weighted by atomic mass is 127. The average molecular weight is 349 g/mol. The lowest BCUT2D eigenvalue weighted by Crippen LogP contribution is -2.23. The van der Waals surface area contributed by atoms with Crippen LogP contribution in [0.3, 0.4) is 0 Å². The molecule has 2 N–H and O–H groups in total. The SMILES string of the molecule is CCCCC(NI)P(=O)(O)OC(C)CC. The Morgan fingerprint density at radius 2 is 2.13 bits per heavy atom. The molecule has 0 aromatic heterocycles. The lowest BCUT2D eigenvalue weighted by atomic mass is 10.2. The van der Waals surface area contributed by atoms with E-state index in [1.807, 2.05) is 36.7 Å². The second-order valence-corrected chi connectivity index (χ2v) is 6.24. The van der Waals surface area contributed by atoms with E-state index in [2.05, 4.69) is 10.5 Å². The highest BCUT2D eigenvalue weighted by Crippen LogP contribution is 2.49. The predicted octanol–water partition coefficient (Wildman–Crippen LogP) is 3.44. The number of rotatable bonds is 8. The number of nitrogens with one attached hydrogen (secondary N) is 1. The summed E-state index contributed by atoms with van der Waals surface area (Å²) in [5.74, 6) is -0.452. The Hall–Kier alpha value is 0.840. The highest BCUT2D eigenvalue weighted by molar-refractivity contribution is 14.1. The molecule has 0 aromatic carbocycles. The first kappa shape index (κ1) is 15.8. The van der Waals surface area contributed by atoms with Gasteiger partial charge in [0.1, 0.15) is 5.78 Å². The number of halogens is 1. The van der Waals surface area contributed by atoms with Gasteiger partial charge >= 0.3 is 7.60 Å². The molecule has 0 rings (SSSR count). The summed E-state index contributed by atoms with van der Waals surface area (Å²) in [5, 5.41) is 0. The maximum atomic E-state index is 11.9. The quantitative estimate of drug-likeness (QED) is 0.400. The predicted molar refractivity (Wildman–Crippen MR) is 71.1 cm³/mol. The molecule has 0 fully saturated rings. The van der Waals surface area contributed by atoms with Gasteiger partial charge in [-0.25, -0.2) is 3.53 Å². The van der Waals surface area contributed by atoms with E-state index in [0.29, 0.717) is 6.42 Å². The molecular formula is C9H21INO3P. The molecule has 4 nitrogen and oxygen atoms in total. The molecule has 0 amide bonds. The summed E-state index contributed by atoms with van der Waals surface area (Å²) in [7, 11) is -3.52. The third-order valence-corrected chi connectivity index (χ3v) is 5.34. The summed E-state index contributed by atoms with van der Waals surface area (Å²) in [4.78, 5) is 9.77. The first-order valence-corrected chi connectivity index (χ1v) is 8.07. The molecule has 0 saturated carbocycles. The molecule has 0 aliphatic rings. The van der Waals surface area contributed by atoms with E-state index in [4.69, 9.17) is 4.52 Å². The number of unbranched alkanes of at least 4 members (excludes halogenated alkanes) is 1. The van der Waals surface area contributed by atoms with Crippen molar-refractivity contribution in [1.82, 2.24) is 3.53 Å². The molecule has 0 radical (unpaired) electrons. The molecule has 3 unspecified atom stereocenters. The Kier molecular flexibility index (Phi) is 8.46.